The average molecular weight is 305 g/mol. The smallest absolute Gasteiger partial charge is 0.231 e. The molecular weight excluding hydrogens is 288 g/mol. The van der Waals surface area contributed by atoms with E-state index < -0.39 is 0 Å². The van der Waals surface area contributed by atoms with Gasteiger partial charge in [-0.2, -0.15) is 0 Å². The Kier molecular flexibility index (Phi) is 3.07. The Balaban J connectivity index is 1.63. The van der Waals surface area contributed by atoms with Crippen LogP contribution in [0.3, 0.4) is 0 Å². The first-order chi connectivity index (χ1) is 10.3. The third-order valence-electron chi connectivity index (χ3n) is 4.47. The van der Waals surface area contributed by atoms with E-state index in [0.29, 0.717) is 12.2 Å². The molecule has 0 amide bonds. The number of anilines is 1. The lowest BCUT2D eigenvalue weighted by Gasteiger charge is -2.16. The van der Waals surface area contributed by atoms with Crippen LogP contribution in [0.5, 0.6) is 11.5 Å². The third-order valence-corrected chi connectivity index (χ3v) is 4.66. The third kappa shape index (κ3) is 2.38. The number of hydrogen-bond acceptors (Lipinski definition) is 4. The van der Waals surface area contributed by atoms with Crippen LogP contribution in [-0.2, 0) is 0 Å². The molecule has 0 atom stereocenters. The highest BCUT2D eigenvalue weighted by Crippen LogP contribution is 2.49. The van der Waals surface area contributed by atoms with Gasteiger partial charge in [0, 0.05) is 24.0 Å². The highest BCUT2D eigenvalue weighted by atomic mass is 35.5. The topological polar surface area (TPSA) is 43.4 Å². The maximum absolute atomic E-state index is 5.89. The van der Waals surface area contributed by atoms with E-state index in [2.05, 4.69) is 10.3 Å². The summed E-state index contributed by atoms with van der Waals surface area (Å²) >= 11 is 5.89. The van der Waals surface area contributed by atoms with E-state index in [1.54, 1.807) is 0 Å². The molecule has 21 heavy (non-hydrogen) atoms. The minimum absolute atomic E-state index is 0.292. The van der Waals surface area contributed by atoms with Crippen LogP contribution < -0.4 is 14.8 Å². The molecule has 0 saturated heterocycles. The first-order valence-corrected chi connectivity index (χ1v) is 7.81. The SMILES string of the molecule is ClCCC1(CNc2nccc3cc4c(cc23)OCO4)CC1. The van der Waals surface area contributed by atoms with Crippen molar-refractivity contribution in [1.82, 2.24) is 4.98 Å². The fourth-order valence-corrected chi connectivity index (χ4v) is 3.27. The number of fused-ring (bicyclic) bond motifs is 2. The number of rotatable bonds is 5. The quantitative estimate of drug-likeness (QED) is 0.854. The number of benzene rings is 1. The fourth-order valence-electron chi connectivity index (χ4n) is 2.87. The molecule has 0 spiro atoms. The second-order valence-corrected chi connectivity index (χ2v) is 6.26. The molecule has 5 heteroatoms. The summed E-state index contributed by atoms with van der Waals surface area (Å²) in [6, 6.07) is 6.01. The summed E-state index contributed by atoms with van der Waals surface area (Å²) in [6.07, 6.45) is 5.40. The van der Waals surface area contributed by atoms with Crippen LogP contribution in [0.1, 0.15) is 19.3 Å². The van der Waals surface area contributed by atoms with Crippen molar-refractivity contribution in [2.24, 2.45) is 5.41 Å². The van der Waals surface area contributed by atoms with Gasteiger partial charge in [-0.1, -0.05) is 0 Å². The van der Waals surface area contributed by atoms with Gasteiger partial charge >= 0.3 is 0 Å². The molecule has 110 valence electrons. The first-order valence-electron chi connectivity index (χ1n) is 7.28. The summed E-state index contributed by atoms with van der Waals surface area (Å²) in [6.45, 7) is 1.22. The molecule has 4 nitrogen and oxygen atoms in total. The van der Waals surface area contributed by atoms with Crippen molar-refractivity contribution < 1.29 is 9.47 Å². The number of alkyl halides is 1. The molecule has 1 N–H and O–H groups in total. The summed E-state index contributed by atoms with van der Waals surface area (Å²) < 4.78 is 10.9. The Morgan fingerprint density at radius 2 is 2.05 bits per heavy atom. The molecule has 1 aromatic carbocycles. The van der Waals surface area contributed by atoms with E-state index >= 15 is 0 Å². The van der Waals surface area contributed by atoms with Gasteiger partial charge in [0.2, 0.25) is 6.79 Å². The number of aromatic nitrogens is 1. The van der Waals surface area contributed by atoms with Crippen LogP contribution in [0.2, 0.25) is 0 Å². The maximum Gasteiger partial charge on any atom is 0.231 e. The second kappa shape index (κ2) is 4.95. The van der Waals surface area contributed by atoms with Gasteiger partial charge in [-0.3, -0.25) is 0 Å². The van der Waals surface area contributed by atoms with Gasteiger partial charge in [0.25, 0.3) is 0 Å². The Morgan fingerprint density at radius 1 is 1.24 bits per heavy atom. The van der Waals surface area contributed by atoms with Gasteiger partial charge in [0.15, 0.2) is 11.5 Å². The molecule has 2 heterocycles. The van der Waals surface area contributed by atoms with Crippen molar-refractivity contribution in [1.29, 1.82) is 0 Å². The summed E-state index contributed by atoms with van der Waals surface area (Å²) in [7, 11) is 0. The van der Waals surface area contributed by atoms with Crippen LogP contribution in [0.4, 0.5) is 5.82 Å². The molecule has 1 aromatic heterocycles. The molecule has 2 aliphatic rings. The van der Waals surface area contributed by atoms with Crippen molar-refractivity contribution in [3.63, 3.8) is 0 Å². The number of nitrogens with zero attached hydrogens (tertiary/aromatic N) is 1. The minimum Gasteiger partial charge on any atom is -0.454 e. The fraction of sp³-hybridized carbons (Fsp3) is 0.438. The first kappa shape index (κ1) is 13.0. The van der Waals surface area contributed by atoms with E-state index in [4.69, 9.17) is 21.1 Å². The predicted octanol–water partition coefficient (Wildman–Crippen LogP) is 3.78. The zero-order chi connectivity index (χ0) is 14.3. The summed E-state index contributed by atoms with van der Waals surface area (Å²) in [5.41, 5.74) is 0.377. The lowest BCUT2D eigenvalue weighted by atomic mass is 10.0. The Labute approximate surface area is 128 Å². The standard InChI is InChI=1S/C16H17ClN2O2/c17-5-4-16(2-3-16)9-19-15-12-8-14-13(20-10-21-14)7-11(12)1-6-18-15/h1,6-8H,2-5,9-10H2,(H,18,19). The van der Waals surface area contributed by atoms with Crippen LogP contribution >= 0.6 is 11.6 Å². The van der Waals surface area contributed by atoms with E-state index in [1.807, 2.05) is 24.4 Å². The van der Waals surface area contributed by atoms with Gasteiger partial charge < -0.3 is 14.8 Å². The van der Waals surface area contributed by atoms with Gasteiger partial charge in [0.05, 0.1) is 0 Å². The normalized spacial score (nSPS) is 18.0. The summed E-state index contributed by atoms with van der Waals surface area (Å²) in [5.74, 6) is 3.23. The average Bonchev–Trinajstić information content (AvgIpc) is 3.11. The number of hydrogen-bond donors (Lipinski definition) is 1. The monoisotopic (exact) mass is 304 g/mol. The number of ether oxygens (including phenoxy) is 2. The van der Waals surface area contributed by atoms with Crippen molar-refractivity contribution in [2.75, 3.05) is 24.5 Å². The zero-order valence-electron chi connectivity index (χ0n) is 11.7. The van der Waals surface area contributed by atoms with Crippen molar-refractivity contribution in [3.05, 3.63) is 24.4 Å². The van der Waals surface area contributed by atoms with Gasteiger partial charge in [-0.25, -0.2) is 4.98 Å². The number of halogens is 1. The van der Waals surface area contributed by atoms with E-state index in [-0.39, 0.29) is 0 Å². The zero-order valence-corrected chi connectivity index (χ0v) is 12.4. The largest absolute Gasteiger partial charge is 0.454 e. The van der Waals surface area contributed by atoms with Gasteiger partial charge in [0.1, 0.15) is 5.82 Å². The van der Waals surface area contributed by atoms with Crippen molar-refractivity contribution in [3.8, 4) is 11.5 Å². The van der Waals surface area contributed by atoms with Crippen molar-refractivity contribution in [2.45, 2.75) is 19.3 Å². The van der Waals surface area contributed by atoms with Crippen LogP contribution in [-0.4, -0.2) is 24.2 Å². The number of pyridine rings is 1. The lowest BCUT2D eigenvalue weighted by molar-refractivity contribution is 0.174. The molecule has 1 aliphatic carbocycles. The molecular formula is C16H17ClN2O2. The summed E-state index contributed by atoms with van der Waals surface area (Å²) in [5, 5.41) is 5.68. The molecule has 1 aliphatic heterocycles. The molecule has 1 saturated carbocycles. The minimum atomic E-state index is 0.292. The highest BCUT2D eigenvalue weighted by molar-refractivity contribution is 6.17. The van der Waals surface area contributed by atoms with Gasteiger partial charge in [-0.05, 0) is 48.3 Å². The lowest BCUT2D eigenvalue weighted by Crippen LogP contribution is -2.16. The van der Waals surface area contributed by atoms with Crippen molar-refractivity contribution >= 4 is 28.2 Å². The molecule has 0 radical (unpaired) electrons. The van der Waals surface area contributed by atoms with E-state index in [9.17, 15) is 0 Å². The summed E-state index contributed by atoms with van der Waals surface area (Å²) in [4.78, 5) is 4.48. The molecule has 1 fully saturated rings. The molecule has 4 rings (SSSR count). The Bertz CT molecular complexity index is 685. The van der Waals surface area contributed by atoms with Gasteiger partial charge in [-0.15, -0.1) is 11.6 Å². The van der Waals surface area contributed by atoms with E-state index in [0.717, 1.165) is 46.9 Å². The second-order valence-electron chi connectivity index (χ2n) is 5.88. The Hall–Kier alpha value is -1.68. The predicted molar refractivity (Wildman–Crippen MR) is 83.4 cm³/mol. The van der Waals surface area contributed by atoms with Crippen LogP contribution in [0.15, 0.2) is 24.4 Å². The highest BCUT2D eigenvalue weighted by Gasteiger charge is 2.41. The Morgan fingerprint density at radius 3 is 2.81 bits per heavy atom. The number of nitrogens with one attached hydrogen (secondary N) is 1. The maximum atomic E-state index is 5.89. The molecule has 0 bridgehead atoms. The van der Waals surface area contributed by atoms with Crippen LogP contribution in [0.25, 0.3) is 10.8 Å². The molecule has 0 unspecified atom stereocenters. The van der Waals surface area contributed by atoms with E-state index in [1.165, 1.54) is 12.8 Å². The molecule has 2 aromatic rings. The van der Waals surface area contributed by atoms with Crippen LogP contribution in [0, 0.1) is 5.41 Å².